The molecule has 1 aliphatic rings. The van der Waals surface area contributed by atoms with Crippen LogP contribution in [0.15, 0.2) is 18.2 Å². The molecule has 1 aromatic carbocycles. The van der Waals surface area contributed by atoms with Gasteiger partial charge < -0.3 is 10.6 Å². The highest BCUT2D eigenvalue weighted by Gasteiger charge is 2.14. The molecule has 0 spiro atoms. The smallest absolute Gasteiger partial charge is 0.239 e. The van der Waals surface area contributed by atoms with Gasteiger partial charge in [0.25, 0.3) is 0 Å². The van der Waals surface area contributed by atoms with E-state index >= 15 is 0 Å². The number of carbonyl (C=O) groups excluding carboxylic acids is 1. The number of benzene rings is 1. The van der Waals surface area contributed by atoms with Crippen LogP contribution in [0.3, 0.4) is 0 Å². The summed E-state index contributed by atoms with van der Waals surface area (Å²) in [6.07, 6.45) is 7.08. The lowest BCUT2D eigenvalue weighted by Gasteiger charge is -2.17. The Balaban J connectivity index is 1.81. The number of anilines is 1. The lowest BCUT2D eigenvalue weighted by Crippen LogP contribution is -2.38. The van der Waals surface area contributed by atoms with Crippen LogP contribution in [-0.2, 0) is 4.79 Å². The molecule has 2 rings (SSSR count). The quantitative estimate of drug-likeness (QED) is 0.829. The fraction of sp³-hybridized carbons (Fsp3) is 0.562. The number of nitrogens with one attached hydrogen (secondary N) is 2. The van der Waals surface area contributed by atoms with Crippen molar-refractivity contribution in [2.45, 2.75) is 51.5 Å². The van der Waals surface area contributed by atoms with E-state index < -0.39 is 0 Å². The first-order chi connectivity index (χ1) is 9.65. The maximum Gasteiger partial charge on any atom is 0.239 e. The van der Waals surface area contributed by atoms with Crippen molar-refractivity contribution >= 4 is 11.6 Å². The Kier molecular flexibility index (Phi) is 5.39. The molecule has 1 aliphatic carbocycles. The number of aryl methyl sites for hydroxylation is 1. The predicted molar refractivity (Wildman–Crippen MR) is 79.3 cm³/mol. The summed E-state index contributed by atoms with van der Waals surface area (Å²) >= 11 is 0. The summed E-state index contributed by atoms with van der Waals surface area (Å²) in [5, 5.41) is 6.07. The van der Waals surface area contributed by atoms with E-state index in [1.165, 1.54) is 37.8 Å². The molecule has 1 saturated carbocycles. The van der Waals surface area contributed by atoms with Crippen LogP contribution < -0.4 is 10.6 Å². The van der Waals surface area contributed by atoms with Crippen molar-refractivity contribution in [2.75, 3.05) is 11.9 Å². The average Bonchev–Trinajstić information content (AvgIpc) is 2.68. The minimum absolute atomic E-state index is 0.0134. The third-order valence-electron chi connectivity index (χ3n) is 3.86. The van der Waals surface area contributed by atoms with E-state index in [0.717, 1.165) is 18.4 Å². The fourth-order valence-electron chi connectivity index (χ4n) is 2.66. The van der Waals surface area contributed by atoms with Crippen LogP contribution in [0.4, 0.5) is 10.1 Å². The summed E-state index contributed by atoms with van der Waals surface area (Å²) in [7, 11) is 0. The van der Waals surface area contributed by atoms with Gasteiger partial charge in [-0.1, -0.05) is 31.7 Å². The summed E-state index contributed by atoms with van der Waals surface area (Å²) in [4.78, 5) is 11.9. The normalized spacial score (nSPS) is 16.5. The summed E-state index contributed by atoms with van der Waals surface area (Å²) in [6, 6.07) is 4.86. The maximum atomic E-state index is 13.1. The van der Waals surface area contributed by atoms with E-state index in [4.69, 9.17) is 0 Å². The Bertz CT molecular complexity index is 454. The molecule has 1 fully saturated rings. The average molecular weight is 278 g/mol. The van der Waals surface area contributed by atoms with Crippen molar-refractivity contribution in [3.63, 3.8) is 0 Å². The van der Waals surface area contributed by atoms with Crippen LogP contribution in [0.1, 0.15) is 44.1 Å². The first-order valence-corrected chi connectivity index (χ1v) is 7.44. The number of rotatable bonds is 4. The monoisotopic (exact) mass is 278 g/mol. The van der Waals surface area contributed by atoms with Crippen LogP contribution in [0.25, 0.3) is 0 Å². The summed E-state index contributed by atoms with van der Waals surface area (Å²) in [5.74, 6) is -0.303. The van der Waals surface area contributed by atoms with Crippen LogP contribution in [0, 0.1) is 12.7 Å². The molecule has 0 bridgehead atoms. The van der Waals surface area contributed by atoms with Gasteiger partial charge in [0.05, 0.1) is 6.54 Å². The van der Waals surface area contributed by atoms with Crippen LogP contribution in [0.5, 0.6) is 0 Å². The second-order valence-corrected chi connectivity index (χ2v) is 5.57. The second kappa shape index (κ2) is 7.27. The zero-order valence-electron chi connectivity index (χ0n) is 12.0. The molecule has 1 aromatic rings. The maximum absolute atomic E-state index is 13.1. The topological polar surface area (TPSA) is 41.1 Å². The number of halogens is 1. The van der Waals surface area contributed by atoms with Gasteiger partial charge in [-0.25, -0.2) is 4.39 Å². The Labute approximate surface area is 120 Å². The van der Waals surface area contributed by atoms with Crippen molar-refractivity contribution in [3.8, 4) is 0 Å². The van der Waals surface area contributed by atoms with E-state index in [2.05, 4.69) is 10.6 Å². The zero-order valence-corrected chi connectivity index (χ0v) is 12.0. The standard InChI is InChI=1S/C16H23FN2O/c1-12-8-9-13(17)10-15(12)18-11-16(20)19-14-6-4-2-3-5-7-14/h8-10,14,18H,2-7,11H2,1H3,(H,19,20). The van der Waals surface area contributed by atoms with Crippen LogP contribution in [-0.4, -0.2) is 18.5 Å². The third kappa shape index (κ3) is 4.51. The fourth-order valence-corrected chi connectivity index (χ4v) is 2.66. The molecule has 4 heteroatoms. The molecule has 0 unspecified atom stereocenters. The molecule has 3 nitrogen and oxygen atoms in total. The highest BCUT2D eigenvalue weighted by Crippen LogP contribution is 2.18. The molecular weight excluding hydrogens is 255 g/mol. The van der Waals surface area contributed by atoms with E-state index in [9.17, 15) is 9.18 Å². The van der Waals surface area contributed by atoms with Crippen molar-refractivity contribution in [1.29, 1.82) is 0 Å². The second-order valence-electron chi connectivity index (χ2n) is 5.57. The molecule has 0 heterocycles. The lowest BCUT2D eigenvalue weighted by atomic mass is 10.1. The van der Waals surface area contributed by atoms with Crippen LogP contribution in [0.2, 0.25) is 0 Å². The molecule has 0 aromatic heterocycles. The van der Waals surface area contributed by atoms with Gasteiger partial charge in [0.15, 0.2) is 0 Å². The van der Waals surface area contributed by atoms with Gasteiger partial charge in [-0.2, -0.15) is 0 Å². The molecule has 0 aliphatic heterocycles. The summed E-state index contributed by atoms with van der Waals surface area (Å²) in [6.45, 7) is 2.09. The molecule has 1 amide bonds. The van der Waals surface area contributed by atoms with Gasteiger partial charge in [0.2, 0.25) is 5.91 Å². The van der Waals surface area contributed by atoms with Gasteiger partial charge in [-0.05, 0) is 37.5 Å². The zero-order chi connectivity index (χ0) is 14.4. The minimum atomic E-state index is -0.290. The van der Waals surface area contributed by atoms with Gasteiger partial charge in [0, 0.05) is 11.7 Å². The van der Waals surface area contributed by atoms with Crippen molar-refractivity contribution < 1.29 is 9.18 Å². The Morgan fingerprint density at radius 3 is 2.65 bits per heavy atom. The summed E-state index contributed by atoms with van der Waals surface area (Å²) < 4.78 is 13.1. The highest BCUT2D eigenvalue weighted by atomic mass is 19.1. The minimum Gasteiger partial charge on any atom is -0.376 e. The first kappa shape index (κ1) is 14.8. The van der Waals surface area contributed by atoms with Gasteiger partial charge >= 0.3 is 0 Å². The first-order valence-electron chi connectivity index (χ1n) is 7.44. The Morgan fingerprint density at radius 1 is 1.25 bits per heavy atom. The van der Waals surface area contributed by atoms with Gasteiger partial charge in [-0.3, -0.25) is 4.79 Å². The predicted octanol–water partition coefficient (Wildman–Crippen LogP) is 3.39. The molecule has 0 radical (unpaired) electrons. The largest absolute Gasteiger partial charge is 0.376 e. The van der Waals surface area contributed by atoms with Crippen LogP contribution >= 0.6 is 0 Å². The van der Waals surface area contributed by atoms with Gasteiger partial charge in [0.1, 0.15) is 5.82 Å². The Hall–Kier alpha value is -1.58. The molecule has 0 atom stereocenters. The molecule has 2 N–H and O–H groups in total. The van der Waals surface area contributed by atoms with E-state index in [0.29, 0.717) is 11.7 Å². The van der Waals surface area contributed by atoms with E-state index in [-0.39, 0.29) is 18.3 Å². The molecule has 0 saturated heterocycles. The number of amides is 1. The number of hydrogen-bond donors (Lipinski definition) is 2. The number of carbonyl (C=O) groups is 1. The highest BCUT2D eigenvalue weighted by molar-refractivity contribution is 5.81. The van der Waals surface area contributed by atoms with E-state index in [1.54, 1.807) is 6.07 Å². The molecule has 110 valence electrons. The SMILES string of the molecule is Cc1ccc(F)cc1NCC(=O)NC1CCCCCC1. The Morgan fingerprint density at radius 2 is 1.95 bits per heavy atom. The van der Waals surface area contributed by atoms with Crippen molar-refractivity contribution in [1.82, 2.24) is 5.32 Å². The van der Waals surface area contributed by atoms with Crippen molar-refractivity contribution in [3.05, 3.63) is 29.6 Å². The summed E-state index contributed by atoms with van der Waals surface area (Å²) in [5.41, 5.74) is 1.62. The van der Waals surface area contributed by atoms with E-state index in [1.807, 2.05) is 6.92 Å². The number of hydrogen-bond acceptors (Lipinski definition) is 2. The molecular formula is C16H23FN2O. The van der Waals surface area contributed by atoms with Crippen molar-refractivity contribution in [2.24, 2.45) is 0 Å². The van der Waals surface area contributed by atoms with Gasteiger partial charge in [-0.15, -0.1) is 0 Å². The lowest BCUT2D eigenvalue weighted by molar-refractivity contribution is -0.120. The molecule has 20 heavy (non-hydrogen) atoms. The third-order valence-corrected chi connectivity index (χ3v) is 3.86.